The second-order valence-corrected chi connectivity index (χ2v) is 5.05. The molecule has 0 saturated heterocycles. The van der Waals surface area contributed by atoms with Crippen LogP contribution in [0.15, 0.2) is 4.99 Å². The first kappa shape index (κ1) is 12.4. The van der Waals surface area contributed by atoms with Crippen LogP contribution in [-0.4, -0.2) is 36.0 Å². The molecular formula is C10H19N3OS. The number of nitrogens with one attached hydrogen (secondary N) is 2. The van der Waals surface area contributed by atoms with Crippen molar-refractivity contribution in [3.05, 3.63) is 0 Å². The van der Waals surface area contributed by atoms with Crippen molar-refractivity contribution in [2.75, 3.05) is 12.8 Å². The van der Waals surface area contributed by atoms with Crippen LogP contribution in [0.3, 0.4) is 0 Å². The number of carbonyl (C=O) groups is 1. The molecule has 0 radical (unpaired) electrons. The number of hydrogen-bond acceptors (Lipinski definition) is 4. The van der Waals surface area contributed by atoms with Crippen molar-refractivity contribution in [2.24, 2.45) is 10.9 Å². The predicted octanol–water partition coefficient (Wildman–Crippen LogP) is 0.838. The summed E-state index contributed by atoms with van der Waals surface area (Å²) >= 11 is 1.69. The first-order valence-electron chi connectivity index (χ1n) is 5.23. The van der Waals surface area contributed by atoms with Crippen molar-refractivity contribution in [1.29, 1.82) is 0 Å². The number of nitrogens with zero attached hydrogens (tertiary/aromatic N) is 1. The maximum atomic E-state index is 11.3. The molecule has 4 nitrogen and oxygen atoms in total. The SMILES string of the molecule is CNC(=O)C(C)NC1=NC(C(C)C)CS1. The number of rotatable bonds is 3. The predicted molar refractivity (Wildman–Crippen MR) is 65.2 cm³/mol. The Morgan fingerprint density at radius 2 is 2.20 bits per heavy atom. The lowest BCUT2D eigenvalue weighted by atomic mass is 10.1. The highest BCUT2D eigenvalue weighted by molar-refractivity contribution is 8.14. The molecular weight excluding hydrogens is 210 g/mol. The van der Waals surface area contributed by atoms with Gasteiger partial charge in [-0.15, -0.1) is 0 Å². The number of likely N-dealkylation sites (N-methyl/N-ethyl adjacent to an activating group) is 1. The first-order chi connectivity index (χ1) is 7.04. The molecule has 0 aromatic heterocycles. The smallest absolute Gasteiger partial charge is 0.242 e. The van der Waals surface area contributed by atoms with E-state index in [0.29, 0.717) is 12.0 Å². The highest BCUT2D eigenvalue weighted by atomic mass is 32.2. The van der Waals surface area contributed by atoms with Crippen LogP contribution in [0.1, 0.15) is 20.8 Å². The van der Waals surface area contributed by atoms with Crippen molar-refractivity contribution in [2.45, 2.75) is 32.9 Å². The Morgan fingerprint density at radius 3 is 2.67 bits per heavy atom. The quantitative estimate of drug-likeness (QED) is 0.754. The van der Waals surface area contributed by atoms with Gasteiger partial charge < -0.3 is 10.6 Å². The summed E-state index contributed by atoms with van der Waals surface area (Å²) in [5.41, 5.74) is 0. The molecule has 1 rings (SSSR count). The summed E-state index contributed by atoms with van der Waals surface area (Å²) in [5.74, 6) is 1.57. The van der Waals surface area contributed by atoms with Gasteiger partial charge in [-0.3, -0.25) is 9.79 Å². The van der Waals surface area contributed by atoms with Crippen molar-refractivity contribution < 1.29 is 4.79 Å². The molecule has 0 spiro atoms. The molecule has 2 unspecified atom stereocenters. The van der Waals surface area contributed by atoms with E-state index in [-0.39, 0.29) is 11.9 Å². The third kappa shape index (κ3) is 3.41. The Bertz CT molecular complexity index is 265. The van der Waals surface area contributed by atoms with E-state index in [0.717, 1.165) is 10.9 Å². The Hall–Kier alpha value is -0.710. The van der Waals surface area contributed by atoms with E-state index in [1.807, 2.05) is 6.92 Å². The second-order valence-electron chi connectivity index (χ2n) is 4.04. The zero-order chi connectivity index (χ0) is 11.4. The van der Waals surface area contributed by atoms with Crippen molar-refractivity contribution in [3.63, 3.8) is 0 Å². The number of amides is 1. The van der Waals surface area contributed by atoms with E-state index in [2.05, 4.69) is 29.5 Å². The molecule has 0 aromatic rings. The fourth-order valence-corrected chi connectivity index (χ4v) is 2.54. The average molecular weight is 229 g/mol. The van der Waals surface area contributed by atoms with Gasteiger partial charge in [-0.25, -0.2) is 0 Å². The van der Waals surface area contributed by atoms with Crippen LogP contribution < -0.4 is 10.6 Å². The Labute approximate surface area is 95.3 Å². The standard InChI is InChI=1S/C10H19N3OS/c1-6(2)8-5-15-10(13-8)12-7(3)9(14)11-4/h6-8H,5H2,1-4H3,(H,11,14)(H,12,13). The summed E-state index contributed by atoms with van der Waals surface area (Å²) in [5, 5.41) is 6.62. The molecule has 1 amide bonds. The summed E-state index contributed by atoms with van der Waals surface area (Å²) in [4.78, 5) is 15.8. The van der Waals surface area contributed by atoms with Gasteiger partial charge in [0.1, 0.15) is 6.04 Å². The molecule has 1 heterocycles. The summed E-state index contributed by atoms with van der Waals surface area (Å²) in [6, 6.07) is 0.168. The van der Waals surface area contributed by atoms with Crippen LogP contribution in [0, 0.1) is 5.92 Å². The maximum absolute atomic E-state index is 11.3. The van der Waals surface area contributed by atoms with E-state index in [1.165, 1.54) is 0 Å². The second kappa shape index (κ2) is 5.39. The molecule has 0 aromatic carbocycles. The van der Waals surface area contributed by atoms with Crippen LogP contribution in [-0.2, 0) is 4.79 Å². The van der Waals surface area contributed by atoms with Gasteiger partial charge in [0, 0.05) is 12.8 Å². The van der Waals surface area contributed by atoms with Gasteiger partial charge in [0.15, 0.2) is 5.17 Å². The molecule has 0 saturated carbocycles. The lowest BCUT2D eigenvalue weighted by Gasteiger charge is -2.12. The summed E-state index contributed by atoms with van der Waals surface area (Å²) < 4.78 is 0. The highest BCUT2D eigenvalue weighted by Crippen LogP contribution is 2.22. The molecule has 0 aliphatic carbocycles. The zero-order valence-corrected chi connectivity index (χ0v) is 10.5. The van der Waals surface area contributed by atoms with E-state index in [4.69, 9.17) is 0 Å². The van der Waals surface area contributed by atoms with E-state index in [9.17, 15) is 4.79 Å². The normalized spacial score (nSPS) is 22.5. The number of thioether (sulfide) groups is 1. The maximum Gasteiger partial charge on any atom is 0.242 e. The van der Waals surface area contributed by atoms with Gasteiger partial charge in [0.25, 0.3) is 0 Å². The zero-order valence-electron chi connectivity index (χ0n) is 9.70. The first-order valence-corrected chi connectivity index (χ1v) is 6.22. The third-order valence-electron chi connectivity index (χ3n) is 2.42. The Morgan fingerprint density at radius 1 is 1.53 bits per heavy atom. The van der Waals surface area contributed by atoms with Gasteiger partial charge in [0.2, 0.25) is 5.91 Å². The van der Waals surface area contributed by atoms with Gasteiger partial charge in [0.05, 0.1) is 6.04 Å². The molecule has 2 N–H and O–H groups in total. The number of aliphatic imine (C=N–C) groups is 1. The number of hydrogen-bond donors (Lipinski definition) is 2. The molecule has 5 heteroatoms. The summed E-state index contributed by atoms with van der Waals surface area (Å²) in [7, 11) is 1.64. The van der Waals surface area contributed by atoms with Crippen LogP contribution in [0.5, 0.6) is 0 Å². The largest absolute Gasteiger partial charge is 0.357 e. The van der Waals surface area contributed by atoms with Crippen LogP contribution in [0.4, 0.5) is 0 Å². The fraction of sp³-hybridized carbons (Fsp3) is 0.800. The van der Waals surface area contributed by atoms with Crippen molar-refractivity contribution in [3.8, 4) is 0 Å². The monoisotopic (exact) mass is 229 g/mol. The topological polar surface area (TPSA) is 53.5 Å². The minimum absolute atomic E-state index is 0.00806. The molecule has 0 fully saturated rings. The highest BCUT2D eigenvalue weighted by Gasteiger charge is 2.23. The van der Waals surface area contributed by atoms with Gasteiger partial charge >= 0.3 is 0 Å². The van der Waals surface area contributed by atoms with E-state index in [1.54, 1.807) is 18.8 Å². The van der Waals surface area contributed by atoms with Crippen molar-refractivity contribution >= 4 is 22.8 Å². The minimum Gasteiger partial charge on any atom is -0.357 e. The lowest BCUT2D eigenvalue weighted by Crippen LogP contribution is -2.42. The minimum atomic E-state index is -0.216. The van der Waals surface area contributed by atoms with Crippen LogP contribution in [0.2, 0.25) is 0 Å². The van der Waals surface area contributed by atoms with Gasteiger partial charge in [-0.2, -0.15) is 0 Å². The van der Waals surface area contributed by atoms with Crippen LogP contribution >= 0.6 is 11.8 Å². The van der Waals surface area contributed by atoms with Gasteiger partial charge in [-0.05, 0) is 12.8 Å². The number of amidine groups is 1. The van der Waals surface area contributed by atoms with E-state index >= 15 is 0 Å². The molecule has 1 aliphatic heterocycles. The molecule has 1 aliphatic rings. The molecule has 2 atom stereocenters. The van der Waals surface area contributed by atoms with Gasteiger partial charge in [-0.1, -0.05) is 25.6 Å². The lowest BCUT2D eigenvalue weighted by molar-refractivity contribution is -0.121. The Balaban J connectivity index is 2.47. The summed E-state index contributed by atoms with van der Waals surface area (Å²) in [6.45, 7) is 6.17. The van der Waals surface area contributed by atoms with Crippen molar-refractivity contribution in [1.82, 2.24) is 10.6 Å². The average Bonchev–Trinajstić information content (AvgIpc) is 2.65. The molecule has 15 heavy (non-hydrogen) atoms. The van der Waals surface area contributed by atoms with E-state index < -0.39 is 0 Å². The fourth-order valence-electron chi connectivity index (χ4n) is 1.28. The molecule has 86 valence electrons. The van der Waals surface area contributed by atoms with Crippen LogP contribution in [0.25, 0.3) is 0 Å². The number of carbonyl (C=O) groups excluding carboxylic acids is 1. The molecule has 0 bridgehead atoms. The Kier molecular flexibility index (Phi) is 4.45. The summed E-state index contributed by atoms with van der Waals surface area (Å²) in [6.07, 6.45) is 0. The third-order valence-corrected chi connectivity index (χ3v) is 3.43.